The molecule has 2 aliphatic carbocycles. The molecule has 0 spiro atoms. The van der Waals surface area contributed by atoms with E-state index in [0.29, 0.717) is 0 Å². The maximum absolute atomic E-state index is 13.1. The first-order valence-electron chi connectivity index (χ1n) is 12.8. The number of alkyl halides is 3. The van der Waals surface area contributed by atoms with E-state index in [-0.39, 0.29) is 11.0 Å². The Labute approximate surface area is 210 Å². The molecular formula is C31H30F3NO. The molecule has 0 aromatic heterocycles. The van der Waals surface area contributed by atoms with Crippen molar-refractivity contribution in [3.05, 3.63) is 76.3 Å². The van der Waals surface area contributed by atoms with Gasteiger partial charge < -0.3 is 4.90 Å². The van der Waals surface area contributed by atoms with Crippen LogP contribution in [0, 0.1) is 0 Å². The number of ketones is 1. The molecule has 3 aromatic rings. The molecule has 0 bridgehead atoms. The molecule has 0 unspecified atom stereocenters. The van der Waals surface area contributed by atoms with E-state index in [1.807, 2.05) is 13.8 Å². The van der Waals surface area contributed by atoms with E-state index in [9.17, 15) is 18.0 Å². The first kappa shape index (κ1) is 23.3. The van der Waals surface area contributed by atoms with Gasteiger partial charge in [-0.15, -0.1) is 0 Å². The Kier molecular flexibility index (Phi) is 4.84. The predicted octanol–water partition coefficient (Wildman–Crippen LogP) is 8.03. The number of hydrogen-bond acceptors (Lipinski definition) is 2. The minimum atomic E-state index is -4.88. The van der Waals surface area contributed by atoms with Gasteiger partial charge in [0, 0.05) is 35.2 Å². The summed E-state index contributed by atoms with van der Waals surface area (Å²) in [5.74, 6) is -1.79. The second-order valence-corrected chi connectivity index (χ2v) is 11.6. The van der Waals surface area contributed by atoms with Crippen LogP contribution < -0.4 is 4.90 Å². The zero-order chi connectivity index (χ0) is 25.6. The van der Waals surface area contributed by atoms with Crippen LogP contribution in [0.4, 0.5) is 18.9 Å². The summed E-state index contributed by atoms with van der Waals surface area (Å²) in [6, 6.07) is 15.8. The molecule has 0 radical (unpaired) electrons. The fraction of sp³-hybridized carbons (Fsp3) is 0.387. The molecule has 1 aliphatic heterocycles. The van der Waals surface area contributed by atoms with Crippen molar-refractivity contribution in [1.82, 2.24) is 0 Å². The van der Waals surface area contributed by atoms with Gasteiger partial charge in [0.05, 0.1) is 0 Å². The molecule has 1 heterocycles. The molecule has 1 saturated heterocycles. The summed E-state index contributed by atoms with van der Waals surface area (Å²) in [5.41, 5.74) is 9.12. The van der Waals surface area contributed by atoms with Crippen molar-refractivity contribution < 1.29 is 18.0 Å². The van der Waals surface area contributed by atoms with Crippen molar-refractivity contribution in [3.63, 3.8) is 0 Å². The second kappa shape index (κ2) is 7.47. The first-order chi connectivity index (χ1) is 16.9. The SMILES string of the molecule is CC1(C)c2cc(C(=O)C(F)(F)F)ccc2-c2cc3c(cc21)-c1ccc(N2CCCCC2)cc1C3(C)C. The molecule has 6 rings (SSSR count). The highest BCUT2D eigenvalue weighted by Crippen LogP contribution is 2.56. The number of nitrogens with zero attached hydrogens (tertiary/aromatic N) is 1. The van der Waals surface area contributed by atoms with Crippen LogP contribution in [0.3, 0.4) is 0 Å². The molecule has 36 heavy (non-hydrogen) atoms. The van der Waals surface area contributed by atoms with Crippen LogP contribution in [0.25, 0.3) is 22.3 Å². The van der Waals surface area contributed by atoms with Crippen molar-refractivity contribution in [2.75, 3.05) is 18.0 Å². The lowest BCUT2D eigenvalue weighted by Crippen LogP contribution is -2.29. The van der Waals surface area contributed by atoms with Crippen LogP contribution in [0.5, 0.6) is 0 Å². The number of benzene rings is 3. The van der Waals surface area contributed by atoms with Crippen molar-refractivity contribution in [2.24, 2.45) is 0 Å². The van der Waals surface area contributed by atoms with E-state index in [2.05, 4.69) is 49.1 Å². The van der Waals surface area contributed by atoms with Gasteiger partial charge in [-0.2, -0.15) is 13.2 Å². The highest BCUT2D eigenvalue weighted by molar-refractivity contribution is 6.01. The third kappa shape index (κ3) is 3.21. The molecule has 0 N–H and O–H groups in total. The average molecular weight is 490 g/mol. The van der Waals surface area contributed by atoms with Gasteiger partial charge in [-0.1, -0.05) is 45.9 Å². The van der Waals surface area contributed by atoms with Crippen molar-refractivity contribution >= 4 is 11.5 Å². The molecule has 0 saturated carbocycles. The fourth-order valence-electron chi connectivity index (χ4n) is 6.60. The maximum atomic E-state index is 13.1. The smallest absolute Gasteiger partial charge is 0.372 e. The molecule has 3 aliphatic rings. The van der Waals surface area contributed by atoms with Crippen LogP contribution in [0.2, 0.25) is 0 Å². The van der Waals surface area contributed by atoms with Crippen molar-refractivity contribution in [3.8, 4) is 22.3 Å². The van der Waals surface area contributed by atoms with Gasteiger partial charge in [0.1, 0.15) is 0 Å². The average Bonchev–Trinajstić information content (AvgIpc) is 3.21. The number of piperidine rings is 1. The van der Waals surface area contributed by atoms with Gasteiger partial charge in [0.2, 0.25) is 0 Å². The normalized spacial score (nSPS) is 18.9. The van der Waals surface area contributed by atoms with E-state index < -0.39 is 17.4 Å². The van der Waals surface area contributed by atoms with Gasteiger partial charge in [0.15, 0.2) is 0 Å². The van der Waals surface area contributed by atoms with Crippen LogP contribution in [-0.2, 0) is 10.8 Å². The molecule has 2 nitrogen and oxygen atoms in total. The maximum Gasteiger partial charge on any atom is 0.454 e. The number of hydrogen-bond donors (Lipinski definition) is 0. The lowest BCUT2D eigenvalue weighted by molar-refractivity contribution is -0.0885. The van der Waals surface area contributed by atoms with Gasteiger partial charge >= 0.3 is 6.18 Å². The number of rotatable bonds is 2. The second-order valence-electron chi connectivity index (χ2n) is 11.6. The Morgan fingerprint density at radius 1 is 0.694 bits per heavy atom. The molecule has 3 aromatic carbocycles. The van der Waals surface area contributed by atoms with Crippen LogP contribution >= 0.6 is 0 Å². The summed E-state index contributed by atoms with van der Waals surface area (Å²) in [4.78, 5) is 14.4. The topological polar surface area (TPSA) is 20.3 Å². The number of carbonyl (C=O) groups excluding carboxylic acids is 1. The first-order valence-corrected chi connectivity index (χ1v) is 12.8. The van der Waals surface area contributed by atoms with Gasteiger partial charge in [-0.05, 0) is 94.1 Å². The number of carbonyl (C=O) groups is 1. The van der Waals surface area contributed by atoms with E-state index in [4.69, 9.17) is 0 Å². The fourth-order valence-corrected chi connectivity index (χ4v) is 6.60. The summed E-state index contributed by atoms with van der Waals surface area (Å²) >= 11 is 0. The third-order valence-electron chi connectivity index (χ3n) is 8.69. The minimum absolute atomic E-state index is 0.190. The quantitative estimate of drug-likeness (QED) is 0.340. The Balaban J connectivity index is 1.47. The summed E-state index contributed by atoms with van der Waals surface area (Å²) in [6.07, 6.45) is -1.12. The van der Waals surface area contributed by atoms with Crippen molar-refractivity contribution in [1.29, 1.82) is 0 Å². The monoisotopic (exact) mass is 489 g/mol. The number of anilines is 1. The zero-order valence-electron chi connectivity index (χ0n) is 21.1. The van der Waals surface area contributed by atoms with Gasteiger partial charge in [0.25, 0.3) is 5.78 Å². The van der Waals surface area contributed by atoms with Gasteiger partial charge in [-0.3, -0.25) is 4.79 Å². The van der Waals surface area contributed by atoms with Crippen LogP contribution in [0.1, 0.15) is 79.6 Å². The van der Waals surface area contributed by atoms with E-state index in [1.54, 1.807) is 6.07 Å². The third-order valence-corrected chi connectivity index (χ3v) is 8.69. The molecule has 0 atom stereocenters. The highest BCUT2D eigenvalue weighted by atomic mass is 19.4. The predicted molar refractivity (Wildman–Crippen MR) is 138 cm³/mol. The summed E-state index contributed by atoms with van der Waals surface area (Å²) in [7, 11) is 0. The van der Waals surface area contributed by atoms with Crippen molar-refractivity contribution in [2.45, 2.75) is 64.0 Å². The number of Topliss-reactive ketones (excluding diaryl/α,β-unsaturated/α-hetero) is 1. The Morgan fingerprint density at radius 2 is 1.19 bits per heavy atom. The summed E-state index contributed by atoms with van der Waals surface area (Å²) in [6.45, 7) is 10.8. The number of fused-ring (bicyclic) bond motifs is 6. The van der Waals surface area contributed by atoms with E-state index in [1.165, 1.54) is 59.3 Å². The van der Waals surface area contributed by atoms with Gasteiger partial charge in [-0.25, -0.2) is 0 Å². The molecule has 186 valence electrons. The zero-order valence-corrected chi connectivity index (χ0v) is 21.1. The lowest BCUT2D eigenvalue weighted by Gasteiger charge is -2.30. The largest absolute Gasteiger partial charge is 0.454 e. The molecule has 5 heteroatoms. The Morgan fingerprint density at radius 3 is 1.75 bits per heavy atom. The van der Waals surface area contributed by atoms with E-state index in [0.717, 1.165) is 35.3 Å². The lowest BCUT2D eigenvalue weighted by atomic mass is 9.79. The summed E-state index contributed by atoms with van der Waals surface area (Å²) < 4.78 is 39.4. The molecule has 1 fully saturated rings. The van der Waals surface area contributed by atoms with Crippen LogP contribution in [0.15, 0.2) is 48.5 Å². The summed E-state index contributed by atoms with van der Waals surface area (Å²) in [5, 5.41) is 0. The standard InChI is InChI=1S/C31H30F3NO/c1-29(2)24-14-18(28(36)31(32,33)34)8-10-20(24)22-16-27-23(17-26(22)29)21-11-9-19(15-25(21)30(27,3)4)35-12-6-5-7-13-35/h8-11,14-17H,5-7,12-13H2,1-4H3. The van der Waals surface area contributed by atoms with E-state index >= 15 is 0 Å². The minimum Gasteiger partial charge on any atom is -0.372 e. The highest BCUT2D eigenvalue weighted by Gasteiger charge is 2.44. The molecular weight excluding hydrogens is 459 g/mol. The Hall–Kier alpha value is -3.08. The number of halogens is 3. The van der Waals surface area contributed by atoms with Crippen LogP contribution in [-0.4, -0.2) is 25.0 Å². The molecule has 0 amide bonds. The Bertz CT molecular complexity index is 1420.